The number of rotatable bonds is 6. The van der Waals surface area contributed by atoms with Crippen molar-refractivity contribution < 1.29 is 9.90 Å². The number of aromatic amines is 1. The van der Waals surface area contributed by atoms with Crippen molar-refractivity contribution in [2.75, 3.05) is 6.54 Å². The highest BCUT2D eigenvalue weighted by molar-refractivity contribution is 5.93. The van der Waals surface area contributed by atoms with E-state index in [1.165, 1.54) is 4.80 Å². The molecule has 4 aromatic rings. The Labute approximate surface area is 162 Å². The van der Waals surface area contributed by atoms with Crippen molar-refractivity contribution >= 4 is 16.8 Å². The summed E-state index contributed by atoms with van der Waals surface area (Å²) in [5.74, 6) is -0.345. The third-order valence-corrected chi connectivity index (χ3v) is 4.67. The molecule has 0 bridgehead atoms. The number of amides is 1. The number of nitrogens with one attached hydrogen (secondary N) is 2. The predicted molar refractivity (Wildman–Crippen MR) is 106 cm³/mol. The van der Waals surface area contributed by atoms with Crippen LogP contribution in [0.15, 0.2) is 54.7 Å². The van der Waals surface area contributed by atoms with Crippen molar-refractivity contribution in [1.82, 2.24) is 25.3 Å². The fourth-order valence-electron chi connectivity index (χ4n) is 3.15. The Morgan fingerprint density at radius 3 is 2.71 bits per heavy atom. The highest BCUT2D eigenvalue weighted by Gasteiger charge is 2.18. The Morgan fingerprint density at radius 2 is 1.93 bits per heavy atom. The summed E-state index contributed by atoms with van der Waals surface area (Å²) in [5.41, 5.74) is 4.47. The SMILES string of the molecule is Cc1ccc(-n2nc(CO)c(C(=O)NCCc3c[nH]c4ccccc34)n2)cc1. The number of benzene rings is 2. The van der Waals surface area contributed by atoms with Crippen LogP contribution in [0.1, 0.15) is 27.3 Å². The van der Waals surface area contributed by atoms with Crippen LogP contribution in [0.5, 0.6) is 0 Å². The average molecular weight is 375 g/mol. The van der Waals surface area contributed by atoms with Crippen LogP contribution in [-0.4, -0.2) is 37.5 Å². The molecule has 2 aromatic heterocycles. The fraction of sp³-hybridized carbons (Fsp3) is 0.190. The predicted octanol–water partition coefficient (Wildman–Crippen LogP) is 2.52. The first-order valence-electron chi connectivity index (χ1n) is 9.13. The van der Waals surface area contributed by atoms with E-state index in [-0.39, 0.29) is 23.9 Å². The summed E-state index contributed by atoms with van der Waals surface area (Å²) < 4.78 is 0. The highest BCUT2D eigenvalue weighted by Crippen LogP contribution is 2.17. The van der Waals surface area contributed by atoms with Crippen molar-refractivity contribution in [2.45, 2.75) is 20.0 Å². The molecule has 0 fully saturated rings. The highest BCUT2D eigenvalue weighted by atomic mass is 16.3. The van der Waals surface area contributed by atoms with Crippen LogP contribution in [0.4, 0.5) is 0 Å². The molecule has 0 aliphatic heterocycles. The van der Waals surface area contributed by atoms with Crippen LogP contribution < -0.4 is 5.32 Å². The van der Waals surface area contributed by atoms with Gasteiger partial charge in [-0.3, -0.25) is 4.79 Å². The number of carbonyl (C=O) groups excluding carboxylic acids is 1. The second kappa shape index (κ2) is 7.66. The minimum atomic E-state index is -0.350. The minimum Gasteiger partial charge on any atom is -0.390 e. The molecule has 0 aliphatic carbocycles. The molecule has 0 saturated heterocycles. The lowest BCUT2D eigenvalue weighted by Crippen LogP contribution is -2.27. The molecule has 7 heteroatoms. The number of aliphatic hydroxyl groups excluding tert-OH is 1. The van der Waals surface area contributed by atoms with Gasteiger partial charge in [-0.15, -0.1) is 10.2 Å². The maximum atomic E-state index is 12.6. The molecule has 28 heavy (non-hydrogen) atoms. The lowest BCUT2D eigenvalue weighted by atomic mass is 10.1. The molecule has 0 saturated carbocycles. The number of para-hydroxylation sites is 1. The van der Waals surface area contributed by atoms with Gasteiger partial charge in [-0.25, -0.2) is 0 Å². The van der Waals surface area contributed by atoms with Gasteiger partial charge in [0.2, 0.25) is 0 Å². The maximum absolute atomic E-state index is 12.6. The molecule has 2 aromatic carbocycles. The lowest BCUT2D eigenvalue weighted by Gasteiger charge is -2.03. The second-order valence-corrected chi connectivity index (χ2v) is 6.64. The molecule has 142 valence electrons. The number of carbonyl (C=O) groups is 1. The Hall–Kier alpha value is -3.45. The number of aliphatic hydroxyl groups is 1. The number of nitrogens with zero attached hydrogens (tertiary/aromatic N) is 3. The van der Waals surface area contributed by atoms with Gasteiger partial charge in [0.05, 0.1) is 12.3 Å². The summed E-state index contributed by atoms with van der Waals surface area (Å²) in [7, 11) is 0. The third kappa shape index (κ3) is 3.52. The molecule has 3 N–H and O–H groups in total. The normalized spacial score (nSPS) is 11.1. The van der Waals surface area contributed by atoms with E-state index >= 15 is 0 Å². The summed E-state index contributed by atoms with van der Waals surface area (Å²) in [4.78, 5) is 17.2. The summed E-state index contributed by atoms with van der Waals surface area (Å²) in [6.07, 6.45) is 2.65. The average Bonchev–Trinajstić information content (AvgIpc) is 3.33. The van der Waals surface area contributed by atoms with Gasteiger partial charge >= 0.3 is 0 Å². The zero-order chi connectivity index (χ0) is 19.5. The van der Waals surface area contributed by atoms with Gasteiger partial charge in [-0.1, -0.05) is 35.9 Å². The van der Waals surface area contributed by atoms with Gasteiger partial charge in [0.15, 0.2) is 5.69 Å². The quantitative estimate of drug-likeness (QED) is 0.482. The molecule has 0 spiro atoms. The van der Waals surface area contributed by atoms with Crippen LogP contribution in [0, 0.1) is 6.92 Å². The zero-order valence-electron chi connectivity index (χ0n) is 15.5. The Balaban J connectivity index is 1.46. The second-order valence-electron chi connectivity index (χ2n) is 6.64. The molecular weight excluding hydrogens is 354 g/mol. The number of hydrogen-bond acceptors (Lipinski definition) is 4. The number of hydrogen-bond donors (Lipinski definition) is 3. The van der Waals surface area contributed by atoms with E-state index in [0.717, 1.165) is 27.7 Å². The summed E-state index contributed by atoms with van der Waals surface area (Å²) in [6, 6.07) is 15.7. The van der Waals surface area contributed by atoms with Crippen molar-refractivity contribution in [3.63, 3.8) is 0 Å². The molecule has 0 atom stereocenters. The largest absolute Gasteiger partial charge is 0.390 e. The standard InChI is InChI=1S/C21H21N5O2/c1-14-6-8-16(9-7-14)26-24-19(13-27)20(25-26)21(28)22-11-10-15-12-23-18-5-3-2-4-17(15)18/h2-9,12,23,27H,10-11,13H2,1H3,(H,22,28). The van der Waals surface area contributed by atoms with E-state index in [1.54, 1.807) is 0 Å². The maximum Gasteiger partial charge on any atom is 0.273 e. The fourth-order valence-corrected chi connectivity index (χ4v) is 3.15. The third-order valence-electron chi connectivity index (χ3n) is 4.67. The van der Waals surface area contributed by atoms with E-state index in [2.05, 4.69) is 26.6 Å². The molecule has 0 unspecified atom stereocenters. The Morgan fingerprint density at radius 1 is 1.14 bits per heavy atom. The number of aromatic nitrogens is 4. The van der Waals surface area contributed by atoms with E-state index < -0.39 is 0 Å². The Bertz CT molecular complexity index is 1110. The first-order valence-corrected chi connectivity index (χ1v) is 9.13. The first-order chi connectivity index (χ1) is 13.7. The molecule has 7 nitrogen and oxygen atoms in total. The van der Waals surface area contributed by atoms with Crippen LogP contribution >= 0.6 is 0 Å². The van der Waals surface area contributed by atoms with E-state index in [4.69, 9.17) is 0 Å². The summed E-state index contributed by atoms with van der Waals surface area (Å²) in [5, 5.41) is 22.1. The van der Waals surface area contributed by atoms with Crippen LogP contribution in [0.3, 0.4) is 0 Å². The molecule has 1 amide bonds. The molecule has 2 heterocycles. The van der Waals surface area contributed by atoms with Gasteiger partial charge in [-0.05, 0) is 37.1 Å². The molecular formula is C21H21N5O2. The lowest BCUT2D eigenvalue weighted by molar-refractivity contribution is 0.0945. The smallest absolute Gasteiger partial charge is 0.273 e. The topological polar surface area (TPSA) is 95.8 Å². The monoisotopic (exact) mass is 375 g/mol. The molecule has 0 radical (unpaired) electrons. The zero-order valence-corrected chi connectivity index (χ0v) is 15.5. The van der Waals surface area contributed by atoms with Gasteiger partial charge in [-0.2, -0.15) is 4.80 Å². The van der Waals surface area contributed by atoms with Gasteiger partial charge in [0.25, 0.3) is 5.91 Å². The van der Waals surface area contributed by atoms with Crippen LogP contribution in [0.2, 0.25) is 0 Å². The van der Waals surface area contributed by atoms with Gasteiger partial charge < -0.3 is 15.4 Å². The number of H-pyrrole nitrogens is 1. The van der Waals surface area contributed by atoms with Crippen LogP contribution in [0.25, 0.3) is 16.6 Å². The van der Waals surface area contributed by atoms with Crippen molar-refractivity contribution in [3.05, 3.63) is 77.2 Å². The summed E-state index contributed by atoms with van der Waals surface area (Å²) >= 11 is 0. The first kappa shape index (κ1) is 17.9. The van der Waals surface area contributed by atoms with E-state index in [1.807, 2.05) is 55.6 Å². The number of fused-ring (bicyclic) bond motifs is 1. The molecule has 4 rings (SSSR count). The van der Waals surface area contributed by atoms with E-state index in [9.17, 15) is 9.90 Å². The van der Waals surface area contributed by atoms with Crippen molar-refractivity contribution in [3.8, 4) is 5.69 Å². The van der Waals surface area contributed by atoms with Gasteiger partial charge in [0, 0.05) is 23.6 Å². The molecule has 0 aliphatic rings. The Kier molecular flexibility index (Phi) is 4.90. The van der Waals surface area contributed by atoms with Crippen molar-refractivity contribution in [2.24, 2.45) is 0 Å². The van der Waals surface area contributed by atoms with Crippen LogP contribution in [-0.2, 0) is 13.0 Å². The number of aryl methyl sites for hydroxylation is 1. The summed E-state index contributed by atoms with van der Waals surface area (Å²) in [6.45, 7) is 2.10. The van der Waals surface area contributed by atoms with E-state index in [0.29, 0.717) is 13.0 Å². The van der Waals surface area contributed by atoms with Crippen molar-refractivity contribution in [1.29, 1.82) is 0 Å². The van der Waals surface area contributed by atoms with Gasteiger partial charge in [0.1, 0.15) is 5.69 Å². The minimum absolute atomic E-state index is 0.141.